The molecule has 1 aromatic heterocycles. The topological polar surface area (TPSA) is 97.2 Å². The van der Waals surface area contributed by atoms with Crippen LogP contribution in [0.1, 0.15) is 0 Å². The second kappa shape index (κ2) is 4.49. The Hall–Kier alpha value is -2.28. The zero-order valence-corrected chi connectivity index (χ0v) is 8.12. The number of carbonyl (C=O) groups is 1. The summed E-state index contributed by atoms with van der Waals surface area (Å²) in [5.74, 6) is -0.957. The number of carboxylic acid groups (broad SMARTS) is 1. The molecule has 2 N–H and O–H groups in total. The minimum Gasteiger partial charge on any atom is -0.479 e. The highest BCUT2D eigenvalue weighted by Crippen LogP contribution is 2.08. The summed E-state index contributed by atoms with van der Waals surface area (Å²) in [6, 6.07) is 7.19. The van der Waals surface area contributed by atoms with Crippen LogP contribution in [0.3, 0.4) is 0 Å². The van der Waals surface area contributed by atoms with Crippen molar-refractivity contribution in [3.05, 3.63) is 24.3 Å². The van der Waals surface area contributed by atoms with Crippen molar-refractivity contribution < 1.29 is 14.7 Å². The summed E-state index contributed by atoms with van der Waals surface area (Å²) >= 11 is 0. The fraction of sp³-hybridized carbons (Fsp3) is 0.111. The minimum absolute atomic E-state index is 0.125. The SMILES string of the molecule is O=C(O)CONc1nnc2ccccc2n1. The molecule has 0 fully saturated rings. The summed E-state index contributed by atoms with van der Waals surface area (Å²) in [5, 5.41) is 15.9. The van der Waals surface area contributed by atoms with Crippen LogP contribution in [0.5, 0.6) is 0 Å². The number of nitrogens with zero attached hydrogens (tertiary/aromatic N) is 3. The van der Waals surface area contributed by atoms with E-state index in [0.717, 1.165) is 0 Å². The number of benzene rings is 1. The van der Waals surface area contributed by atoms with Crippen LogP contribution in [-0.2, 0) is 9.63 Å². The van der Waals surface area contributed by atoms with Gasteiger partial charge in [-0.1, -0.05) is 12.1 Å². The minimum atomic E-state index is -1.08. The Morgan fingerprint density at radius 3 is 2.81 bits per heavy atom. The lowest BCUT2D eigenvalue weighted by molar-refractivity contribution is -0.141. The first-order valence-corrected chi connectivity index (χ1v) is 4.45. The highest BCUT2D eigenvalue weighted by molar-refractivity contribution is 5.74. The quantitative estimate of drug-likeness (QED) is 0.722. The van der Waals surface area contributed by atoms with Crippen LogP contribution in [0, 0.1) is 0 Å². The van der Waals surface area contributed by atoms with Gasteiger partial charge in [0.1, 0.15) is 5.52 Å². The molecule has 1 heterocycles. The van der Waals surface area contributed by atoms with Crippen molar-refractivity contribution in [3.8, 4) is 0 Å². The van der Waals surface area contributed by atoms with Crippen LogP contribution in [-0.4, -0.2) is 32.9 Å². The molecule has 0 unspecified atom stereocenters. The van der Waals surface area contributed by atoms with Crippen LogP contribution in [0.25, 0.3) is 11.0 Å². The number of aliphatic carboxylic acids is 1. The van der Waals surface area contributed by atoms with E-state index in [2.05, 4.69) is 25.5 Å². The molecular formula is C9H8N4O3. The number of rotatable bonds is 4. The molecule has 0 aliphatic heterocycles. The molecule has 0 amide bonds. The van der Waals surface area contributed by atoms with E-state index in [1.165, 1.54) is 0 Å². The van der Waals surface area contributed by atoms with E-state index < -0.39 is 12.6 Å². The van der Waals surface area contributed by atoms with Gasteiger partial charge in [0.05, 0.1) is 5.52 Å². The molecule has 0 aliphatic rings. The van der Waals surface area contributed by atoms with Crippen molar-refractivity contribution in [1.29, 1.82) is 0 Å². The first kappa shape index (κ1) is 10.2. The van der Waals surface area contributed by atoms with E-state index in [0.29, 0.717) is 11.0 Å². The van der Waals surface area contributed by atoms with Gasteiger partial charge in [-0.15, -0.1) is 10.2 Å². The van der Waals surface area contributed by atoms with E-state index in [1.54, 1.807) is 12.1 Å². The molecule has 0 bridgehead atoms. The summed E-state index contributed by atoms with van der Waals surface area (Å²) in [4.78, 5) is 18.9. The summed E-state index contributed by atoms with van der Waals surface area (Å²) in [6.45, 7) is -0.476. The average molecular weight is 220 g/mol. The highest BCUT2D eigenvalue weighted by Gasteiger charge is 2.01. The molecule has 0 radical (unpaired) electrons. The highest BCUT2D eigenvalue weighted by atomic mass is 16.7. The second-order valence-corrected chi connectivity index (χ2v) is 2.91. The van der Waals surface area contributed by atoms with Crippen molar-refractivity contribution >= 4 is 23.0 Å². The molecule has 0 atom stereocenters. The average Bonchev–Trinajstić information content (AvgIpc) is 2.28. The first-order valence-electron chi connectivity index (χ1n) is 4.45. The number of aromatic nitrogens is 3. The fourth-order valence-corrected chi connectivity index (χ4v) is 1.09. The van der Waals surface area contributed by atoms with Crippen molar-refractivity contribution in [1.82, 2.24) is 15.2 Å². The molecular weight excluding hydrogens is 212 g/mol. The Labute approximate surface area is 90.0 Å². The Morgan fingerprint density at radius 1 is 1.31 bits per heavy atom. The zero-order valence-electron chi connectivity index (χ0n) is 8.12. The van der Waals surface area contributed by atoms with E-state index >= 15 is 0 Å². The smallest absolute Gasteiger partial charge is 0.332 e. The van der Waals surface area contributed by atoms with Gasteiger partial charge < -0.3 is 5.11 Å². The lowest BCUT2D eigenvalue weighted by atomic mass is 10.3. The maximum atomic E-state index is 10.2. The Balaban J connectivity index is 2.10. The summed E-state index contributed by atoms with van der Waals surface area (Å²) in [5.41, 5.74) is 3.61. The van der Waals surface area contributed by atoms with Crippen molar-refractivity contribution in [2.75, 3.05) is 12.1 Å². The molecule has 7 nitrogen and oxygen atoms in total. The van der Waals surface area contributed by atoms with Gasteiger partial charge in [-0.3, -0.25) is 4.84 Å². The Morgan fingerprint density at radius 2 is 2.06 bits per heavy atom. The summed E-state index contributed by atoms with van der Waals surface area (Å²) in [6.07, 6.45) is 0. The third-order valence-corrected chi connectivity index (χ3v) is 1.72. The molecule has 2 rings (SSSR count). The molecule has 0 spiro atoms. The normalized spacial score (nSPS) is 10.2. The van der Waals surface area contributed by atoms with Gasteiger partial charge in [-0.05, 0) is 12.1 Å². The predicted octanol–water partition coefficient (Wildman–Crippen LogP) is 0.453. The van der Waals surface area contributed by atoms with E-state index in [1.807, 2.05) is 12.1 Å². The van der Waals surface area contributed by atoms with Crippen molar-refractivity contribution in [3.63, 3.8) is 0 Å². The van der Waals surface area contributed by atoms with Gasteiger partial charge in [0.15, 0.2) is 6.61 Å². The molecule has 2 aromatic rings. The van der Waals surface area contributed by atoms with Crippen molar-refractivity contribution in [2.24, 2.45) is 0 Å². The van der Waals surface area contributed by atoms with Gasteiger partial charge in [-0.25, -0.2) is 15.3 Å². The number of carboxylic acids is 1. The lowest BCUT2D eigenvalue weighted by Crippen LogP contribution is -2.13. The molecule has 0 saturated heterocycles. The number of anilines is 1. The number of para-hydroxylation sites is 1. The van der Waals surface area contributed by atoms with Crippen LogP contribution in [0.2, 0.25) is 0 Å². The monoisotopic (exact) mass is 220 g/mol. The summed E-state index contributed by atoms with van der Waals surface area (Å²) < 4.78 is 0. The molecule has 7 heteroatoms. The van der Waals surface area contributed by atoms with Gasteiger partial charge in [0.2, 0.25) is 0 Å². The predicted molar refractivity (Wildman–Crippen MR) is 54.5 cm³/mol. The molecule has 16 heavy (non-hydrogen) atoms. The fourth-order valence-electron chi connectivity index (χ4n) is 1.09. The Kier molecular flexibility index (Phi) is 2.88. The standard InChI is InChI=1S/C9H8N4O3/c14-8(15)5-16-13-9-10-6-3-1-2-4-7(6)11-12-9/h1-4H,5H2,(H,14,15)(H,10,12,13). The van der Waals surface area contributed by atoms with Crippen LogP contribution in [0.15, 0.2) is 24.3 Å². The zero-order chi connectivity index (χ0) is 11.4. The molecule has 0 aliphatic carbocycles. The third-order valence-electron chi connectivity index (χ3n) is 1.72. The van der Waals surface area contributed by atoms with Gasteiger partial charge in [0, 0.05) is 0 Å². The van der Waals surface area contributed by atoms with Crippen molar-refractivity contribution in [2.45, 2.75) is 0 Å². The first-order chi connectivity index (χ1) is 7.75. The second-order valence-electron chi connectivity index (χ2n) is 2.91. The van der Waals surface area contributed by atoms with E-state index in [9.17, 15) is 4.79 Å². The van der Waals surface area contributed by atoms with Crippen LogP contribution in [0.4, 0.5) is 5.95 Å². The molecule has 1 aromatic carbocycles. The number of hydrogen-bond donors (Lipinski definition) is 2. The summed E-state index contributed by atoms with van der Waals surface area (Å²) in [7, 11) is 0. The Bertz CT molecular complexity index is 517. The van der Waals surface area contributed by atoms with Gasteiger partial charge in [0.25, 0.3) is 5.95 Å². The van der Waals surface area contributed by atoms with Crippen LogP contribution < -0.4 is 5.48 Å². The van der Waals surface area contributed by atoms with Gasteiger partial charge >= 0.3 is 5.97 Å². The molecule has 82 valence electrons. The van der Waals surface area contributed by atoms with Gasteiger partial charge in [-0.2, -0.15) is 0 Å². The number of nitrogens with one attached hydrogen (secondary N) is 1. The molecule has 0 saturated carbocycles. The van der Waals surface area contributed by atoms with E-state index in [-0.39, 0.29) is 5.95 Å². The maximum Gasteiger partial charge on any atom is 0.332 e. The number of hydrogen-bond acceptors (Lipinski definition) is 6. The maximum absolute atomic E-state index is 10.2. The largest absolute Gasteiger partial charge is 0.479 e. The van der Waals surface area contributed by atoms with Crippen LogP contribution >= 0.6 is 0 Å². The third kappa shape index (κ3) is 2.39. The lowest BCUT2D eigenvalue weighted by Gasteiger charge is -2.02. The van der Waals surface area contributed by atoms with E-state index in [4.69, 9.17) is 5.11 Å². The number of fused-ring (bicyclic) bond motifs is 1.